The van der Waals surface area contributed by atoms with E-state index in [4.69, 9.17) is 26.8 Å². The lowest BCUT2D eigenvalue weighted by atomic mass is 10.1. The van der Waals surface area contributed by atoms with Crippen molar-refractivity contribution in [3.05, 3.63) is 185 Å². The van der Waals surface area contributed by atoms with Crippen LogP contribution in [0.15, 0.2) is 134 Å². The van der Waals surface area contributed by atoms with Crippen LogP contribution in [0, 0.1) is 37.1 Å². The molecule has 4 aromatic carbocycles. The molecule has 3 N–H and O–H groups in total. The van der Waals surface area contributed by atoms with Crippen LogP contribution in [0.25, 0.3) is 22.3 Å². The number of hydrogen-bond acceptors (Lipinski definition) is 12. The van der Waals surface area contributed by atoms with Crippen LogP contribution in [0.4, 0.5) is 46.5 Å². The maximum absolute atomic E-state index is 14.8. The smallest absolute Gasteiger partial charge is 0.229 e. The summed E-state index contributed by atoms with van der Waals surface area (Å²) in [4.78, 5) is 29.1. The van der Waals surface area contributed by atoms with Gasteiger partial charge >= 0.3 is 0 Å². The van der Waals surface area contributed by atoms with Gasteiger partial charge in [-0.15, -0.1) is 0 Å². The molecule has 340 valence electrons. The Morgan fingerprint density at radius 1 is 0.597 bits per heavy atom. The number of aromatic nitrogens is 6. The summed E-state index contributed by atoms with van der Waals surface area (Å²) in [6.45, 7) is 4.59. The van der Waals surface area contributed by atoms with Crippen LogP contribution < -0.4 is 30.3 Å². The van der Waals surface area contributed by atoms with Gasteiger partial charge < -0.3 is 30.3 Å². The Hall–Kier alpha value is -7.85. The summed E-state index contributed by atoms with van der Waals surface area (Å²) in [5.41, 5.74) is 12.6. The number of pyridine rings is 2. The van der Waals surface area contributed by atoms with Crippen LogP contribution >= 0.6 is 11.6 Å². The maximum atomic E-state index is 14.8. The number of aryl methyl sites for hydroxylation is 2. The van der Waals surface area contributed by atoms with Crippen molar-refractivity contribution in [1.82, 2.24) is 29.9 Å². The second-order valence-electron chi connectivity index (χ2n) is 15.6. The Balaban J connectivity index is 0.000000151. The number of fused-ring (bicyclic) bond motifs is 2. The van der Waals surface area contributed by atoms with Gasteiger partial charge in [-0.2, -0.15) is 9.97 Å². The van der Waals surface area contributed by atoms with Crippen molar-refractivity contribution in [2.45, 2.75) is 25.9 Å². The molecule has 0 spiro atoms. The van der Waals surface area contributed by atoms with Gasteiger partial charge in [0.05, 0.1) is 24.5 Å². The highest BCUT2D eigenvalue weighted by atomic mass is 35.5. The number of nitrogens with one attached hydrogen (secondary N) is 1. The predicted molar refractivity (Wildman–Crippen MR) is 252 cm³/mol. The largest absolute Gasteiger partial charge is 0.486 e. The minimum Gasteiger partial charge on any atom is -0.486 e. The van der Waals surface area contributed by atoms with Gasteiger partial charge in [-0.1, -0.05) is 24.3 Å². The second-order valence-corrected chi connectivity index (χ2v) is 16.0. The first-order valence-electron chi connectivity index (χ1n) is 20.9. The summed E-state index contributed by atoms with van der Waals surface area (Å²) in [7, 11) is 3.80. The number of halogens is 5. The van der Waals surface area contributed by atoms with Gasteiger partial charge in [0, 0.05) is 60.4 Å². The third-order valence-electron chi connectivity index (χ3n) is 11.0. The standard InChI is InChI=1S/C25H21F2N5O.C13H11ClFN3O.C12H11FN2/c1-15-11-17(9-10-28-15)20-8-7-19(12-21(20)27)30-25-29-13-23-24(31-25)32(2)22(14-33-23)16-3-5-18(26)6-4-16;1-18-10(8-2-4-9(15)5-3-8)7-19-11-6-16-13(14)17-12(11)18;1-8-6-9(4-5-15-8)11-3-2-10(14)7-12(11)13/h3-13,22H,14H2,1-2H3,(H,29,30,31);2-6,10H,7H2,1H3;2-7H,14H2,1H3. The normalized spacial score (nSPS) is 14.8. The number of hydrogen-bond donors (Lipinski definition) is 2. The van der Waals surface area contributed by atoms with Crippen LogP contribution in [0.5, 0.6) is 11.5 Å². The van der Waals surface area contributed by atoms with Gasteiger partial charge in [0.25, 0.3) is 0 Å². The molecule has 4 aromatic heterocycles. The first-order valence-corrected chi connectivity index (χ1v) is 21.3. The Kier molecular flexibility index (Phi) is 13.7. The first kappa shape index (κ1) is 45.7. The van der Waals surface area contributed by atoms with Crippen molar-refractivity contribution in [3.8, 4) is 33.8 Å². The zero-order valence-corrected chi connectivity index (χ0v) is 37.4. The van der Waals surface area contributed by atoms with Gasteiger partial charge in [0.2, 0.25) is 11.2 Å². The van der Waals surface area contributed by atoms with Crippen LogP contribution in [-0.4, -0.2) is 57.2 Å². The summed E-state index contributed by atoms with van der Waals surface area (Å²) >= 11 is 5.80. The number of anilines is 5. The summed E-state index contributed by atoms with van der Waals surface area (Å²) < 4.78 is 66.1. The molecule has 0 amide bonds. The molecule has 2 aliphatic rings. The predicted octanol–water partition coefficient (Wildman–Crippen LogP) is 11.1. The van der Waals surface area contributed by atoms with Crippen molar-refractivity contribution in [2.75, 3.05) is 48.2 Å². The molecule has 0 fully saturated rings. The highest BCUT2D eigenvalue weighted by Crippen LogP contribution is 2.39. The lowest BCUT2D eigenvalue weighted by molar-refractivity contribution is 0.265. The topological polar surface area (TPSA) is 140 Å². The fraction of sp³-hybridized carbons (Fsp3) is 0.160. The molecule has 0 bridgehead atoms. The van der Waals surface area contributed by atoms with Gasteiger partial charge in [0.1, 0.15) is 36.5 Å². The Bertz CT molecular complexity index is 3020. The fourth-order valence-electron chi connectivity index (χ4n) is 7.49. The molecule has 67 heavy (non-hydrogen) atoms. The SMILES string of the molecule is CN1c2nc(Cl)ncc2OCC1c1ccc(F)cc1.Cc1cc(-c2ccc(N)cc2F)ccn1.Cc1cc(-c2ccc(Nc3ncc4c(n3)N(C)C(c3ccc(F)cc3)CO4)cc2F)ccn1. The molecule has 8 aromatic rings. The summed E-state index contributed by atoms with van der Waals surface area (Å²) in [6, 6.07) is 29.4. The van der Waals surface area contributed by atoms with Crippen molar-refractivity contribution < 1.29 is 27.0 Å². The van der Waals surface area contributed by atoms with E-state index in [1.165, 1.54) is 36.4 Å². The minimum absolute atomic E-state index is 0.0286. The van der Waals surface area contributed by atoms with Crippen LogP contribution in [0.2, 0.25) is 5.28 Å². The van der Waals surface area contributed by atoms with E-state index in [0.717, 1.165) is 33.6 Å². The molecule has 2 unspecified atom stereocenters. The van der Waals surface area contributed by atoms with Gasteiger partial charge in [0.15, 0.2) is 23.1 Å². The Labute approximate surface area is 389 Å². The third kappa shape index (κ3) is 10.8. The number of ether oxygens (including phenoxy) is 2. The molecular weight excluding hydrogens is 884 g/mol. The molecule has 0 saturated carbocycles. The van der Waals surface area contributed by atoms with E-state index < -0.39 is 0 Å². The van der Waals surface area contributed by atoms with E-state index >= 15 is 0 Å². The average molecular weight is 927 g/mol. The Morgan fingerprint density at radius 2 is 1.09 bits per heavy atom. The van der Waals surface area contributed by atoms with E-state index in [1.54, 1.807) is 85.5 Å². The summed E-state index contributed by atoms with van der Waals surface area (Å²) in [6.07, 6.45) is 6.48. The van der Waals surface area contributed by atoms with E-state index in [9.17, 15) is 17.6 Å². The number of likely N-dealkylation sites (N-methyl/N-ethyl adjacent to an activating group) is 2. The maximum Gasteiger partial charge on any atom is 0.229 e. The summed E-state index contributed by atoms with van der Waals surface area (Å²) in [5.74, 6) is 1.50. The number of nitrogens with zero attached hydrogens (tertiary/aromatic N) is 8. The quantitative estimate of drug-likeness (QED) is 0.0932. The van der Waals surface area contributed by atoms with E-state index in [0.29, 0.717) is 64.8 Å². The van der Waals surface area contributed by atoms with Gasteiger partial charge in [-0.3, -0.25) is 9.97 Å². The molecule has 0 aliphatic carbocycles. The fourth-order valence-corrected chi connectivity index (χ4v) is 7.61. The van der Waals surface area contributed by atoms with Crippen LogP contribution in [-0.2, 0) is 0 Å². The molecule has 2 aliphatic heterocycles. The number of nitrogens with two attached hydrogens (primary N) is 1. The average Bonchev–Trinajstić information content (AvgIpc) is 3.31. The lowest BCUT2D eigenvalue weighted by Crippen LogP contribution is -2.34. The number of nitrogen functional groups attached to an aromatic ring is 1. The minimum atomic E-state index is -0.361. The molecule has 17 heteroatoms. The van der Waals surface area contributed by atoms with Crippen molar-refractivity contribution in [3.63, 3.8) is 0 Å². The Morgan fingerprint density at radius 3 is 1.60 bits per heavy atom. The van der Waals surface area contributed by atoms with Crippen molar-refractivity contribution in [1.29, 1.82) is 0 Å². The van der Waals surface area contributed by atoms with E-state index in [2.05, 4.69) is 35.2 Å². The van der Waals surface area contributed by atoms with E-state index in [-0.39, 0.29) is 40.6 Å². The van der Waals surface area contributed by atoms with Crippen LogP contribution in [0.1, 0.15) is 34.6 Å². The van der Waals surface area contributed by atoms with Crippen LogP contribution in [0.3, 0.4) is 0 Å². The zero-order chi connectivity index (χ0) is 47.2. The molecule has 10 rings (SSSR count). The van der Waals surface area contributed by atoms with Gasteiger partial charge in [-0.05, 0) is 133 Å². The highest BCUT2D eigenvalue weighted by molar-refractivity contribution is 6.28. The molecule has 6 heterocycles. The van der Waals surface area contributed by atoms with Crippen molar-refractivity contribution in [2.24, 2.45) is 0 Å². The molecule has 2 atom stereocenters. The molecule has 12 nitrogen and oxygen atoms in total. The molecule has 0 radical (unpaired) electrons. The van der Waals surface area contributed by atoms with Crippen molar-refractivity contribution >= 4 is 40.6 Å². The lowest BCUT2D eigenvalue weighted by Gasteiger charge is -2.35. The first-order chi connectivity index (χ1) is 32.3. The highest BCUT2D eigenvalue weighted by Gasteiger charge is 2.29. The summed E-state index contributed by atoms with van der Waals surface area (Å²) in [5, 5.41) is 3.24. The number of benzene rings is 4. The van der Waals surface area contributed by atoms with Gasteiger partial charge in [-0.25, -0.2) is 27.5 Å². The number of rotatable bonds is 6. The van der Waals surface area contributed by atoms with E-state index in [1.807, 2.05) is 49.9 Å². The third-order valence-corrected chi connectivity index (χ3v) is 11.2. The zero-order valence-electron chi connectivity index (χ0n) is 36.6. The monoisotopic (exact) mass is 926 g/mol. The molecular formula is C50H43ClF4N10O2. The molecule has 0 saturated heterocycles. The second kappa shape index (κ2) is 20.1.